The van der Waals surface area contributed by atoms with Crippen LogP contribution >= 0.6 is 0 Å². The van der Waals surface area contributed by atoms with Gasteiger partial charge in [0.25, 0.3) is 11.8 Å². The van der Waals surface area contributed by atoms with Crippen LogP contribution in [0.25, 0.3) is 0 Å². The zero-order valence-corrected chi connectivity index (χ0v) is 16.8. The number of ether oxygens (including phenoxy) is 1. The largest absolute Gasteiger partial charge is 0.493 e. The average Bonchev–Trinajstić information content (AvgIpc) is 2.71. The van der Waals surface area contributed by atoms with E-state index in [1.807, 2.05) is 45.0 Å². The second-order valence-electron chi connectivity index (χ2n) is 6.73. The fourth-order valence-corrected chi connectivity index (χ4v) is 2.99. The lowest BCUT2D eigenvalue weighted by atomic mass is 10.1. The van der Waals surface area contributed by atoms with Gasteiger partial charge in [-0.2, -0.15) is 0 Å². The Morgan fingerprint density at radius 2 is 1.59 bits per heavy atom. The summed E-state index contributed by atoms with van der Waals surface area (Å²) in [5.41, 5.74) is 4.51. The van der Waals surface area contributed by atoms with Crippen molar-refractivity contribution in [1.29, 1.82) is 0 Å². The van der Waals surface area contributed by atoms with Gasteiger partial charge in [0.2, 0.25) is 0 Å². The first-order valence-corrected chi connectivity index (χ1v) is 9.49. The van der Waals surface area contributed by atoms with Crippen molar-refractivity contribution in [1.82, 2.24) is 0 Å². The maximum Gasteiger partial charge on any atom is 0.259 e. The third kappa shape index (κ3) is 5.02. The SMILES string of the molecule is CCOc1ccccc1C(=O)Nc1ccc(C(=O)Nc2ccc(C)cc2C)cc1. The molecule has 3 aromatic rings. The molecular formula is C24H24N2O3. The first-order valence-electron chi connectivity index (χ1n) is 9.49. The standard InChI is InChI=1S/C24H24N2O3/c1-4-29-22-8-6-5-7-20(22)24(28)25-19-12-10-18(11-13-19)23(27)26-21-14-9-16(2)15-17(21)3/h5-15H,4H2,1-3H3,(H,25,28)(H,26,27). The third-order valence-electron chi connectivity index (χ3n) is 4.47. The predicted molar refractivity (Wildman–Crippen MR) is 116 cm³/mol. The van der Waals surface area contributed by atoms with Crippen LogP contribution in [-0.2, 0) is 0 Å². The van der Waals surface area contributed by atoms with Crippen molar-refractivity contribution in [3.63, 3.8) is 0 Å². The molecule has 0 atom stereocenters. The van der Waals surface area contributed by atoms with Crippen molar-refractivity contribution in [3.8, 4) is 5.75 Å². The van der Waals surface area contributed by atoms with E-state index in [9.17, 15) is 9.59 Å². The summed E-state index contributed by atoms with van der Waals surface area (Å²) in [4.78, 5) is 25.1. The third-order valence-corrected chi connectivity index (χ3v) is 4.47. The highest BCUT2D eigenvalue weighted by Crippen LogP contribution is 2.21. The molecule has 0 aromatic heterocycles. The van der Waals surface area contributed by atoms with Gasteiger partial charge in [0.05, 0.1) is 12.2 Å². The van der Waals surface area contributed by atoms with Crippen molar-refractivity contribution < 1.29 is 14.3 Å². The molecular weight excluding hydrogens is 364 g/mol. The van der Waals surface area contributed by atoms with E-state index in [-0.39, 0.29) is 11.8 Å². The van der Waals surface area contributed by atoms with Gasteiger partial charge in [-0.3, -0.25) is 9.59 Å². The summed E-state index contributed by atoms with van der Waals surface area (Å²) in [7, 11) is 0. The fourth-order valence-electron chi connectivity index (χ4n) is 2.99. The highest BCUT2D eigenvalue weighted by atomic mass is 16.5. The molecule has 29 heavy (non-hydrogen) atoms. The Balaban J connectivity index is 1.68. The van der Waals surface area contributed by atoms with Gasteiger partial charge < -0.3 is 15.4 Å². The summed E-state index contributed by atoms with van der Waals surface area (Å²) >= 11 is 0. The van der Waals surface area contributed by atoms with Gasteiger partial charge in [-0.1, -0.05) is 29.8 Å². The molecule has 3 rings (SSSR count). The molecule has 148 valence electrons. The van der Waals surface area contributed by atoms with Gasteiger partial charge in [-0.05, 0) is 68.8 Å². The summed E-state index contributed by atoms with van der Waals surface area (Å²) in [6.45, 7) is 6.32. The smallest absolute Gasteiger partial charge is 0.259 e. The minimum absolute atomic E-state index is 0.198. The van der Waals surface area contributed by atoms with Gasteiger partial charge in [0.15, 0.2) is 0 Å². The van der Waals surface area contributed by atoms with Crippen molar-refractivity contribution in [3.05, 3.63) is 89.0 Å². The van der Waals surface area contributed by atoms with Crippen LogP contribution in [0.2, 0.25) is 0 Å². The Hall–Kier alpha value is -3.60. The highest BCUT2D eigenvalue weighted by Gasteiger charge is 2.13. The van der Waals surface area contributed by atoms with Crippen molar-refractivity contribution >= 4 is 23.2 Å². The first-order chi connectivity index (χ1) is 14.0. The van der Waals surface area contributed by atoms with E-state index >= 15 is 0 Å². The van der Waals surface area contributed by atoms with E-state index in [1.54, 1.807) is 42.5 Å². The lowest BCUT2D eigenvalue weighted by Crippen LogP contribution is -2.15. The minimum atomic E-state index is -0.262. The molecule has 0 bridgehead atoms. The number of benzene rings is 3. The van der Waals surface area contributed by atoms with Gasteiger partial charge in [-0.25, -0.2) is 0 Å². The van der Waals surface area contributed by atoms with Gasteiger partial charge >= 0.3 is 0 Å². The molecule has 5 nitrogen and oxygen atoms in total. The van der Waals surface area contributed by atoms with Crippen LogP contribution in [0.1, 0.15) is 38.8 Å². The number of carbonyl (C=O) groups excluding carboxylic acids is 2. The normalized spacial score (nSPS) is 10.3. The predicted octanol–water partition coefficient (Wildman–Crippen LogP) is 5.21. The highest BCUT2D eigenvalue weighted by molar-refractivity contribution is 6.07. The zero-order valence-electron chi connectivity index (χ0n) is 16.8. The van der Waals surface area contributed by atoms with Crippen LogP contribution in [-0.4, -0.2) is 18.4 Å². The molecule has 0 radical (unpaired) electrons. The van der Waals surface area contributed by atoms with Gasteiger partial charge in [0.1, 0.15) is 5.75 Å². The molecule has 0 saturated carbocycles. The second kappa shape index (κ2) is 9.06. The van der Waals surface area contributed by atoms with E-state index in [1.165, 1.54) is 0 Å². The van der Waals surface area contributed by atoms with Crippen LogP contribution in [0, 0.1) is 13.8 Å². The van der Waals surface area contributed by atoms with Crippen molar-refractivity contribution in [2.45, 2.75) is 20.8 Å². The van der Waals surface area contributed by atoms with E-state index < -0.39 is 0 Å². The summed E-state index contributed by atoms with van der Waals surface area (Å²) in [5.74, 6) is 0.0787. The maximum absolute atomic E-state index is 12.6. The number of nitrogens with one attached hydrogen (secondary N) is 2. The van der Waals surface area contributed by atoms with Crippen LogP contribution in [0.4, 0.5) is 11.4 Å². The molecule has 0 heterocycles. The maximum atomic E-state index is 12.6. The number of anilines is 2. The summed E-state index contributed by atoms with van der Waals surface area (Å²) in [6.07, 6.45) is 0. The first kappa shape index (κ1) is 20.1. The number of amides is 2. The van der Waals surface area contributed by atoms with E-state index in [4.69, 9.17) is 4.74 Å². The van der Waals surface area contributed by atoms with Crippen LogP contribution in [0.15, 0.2) is 66.7 Å². The molecule has 3 aromatic carbocycles. The van der Waals surface area contributed by atoms with E-state index in [0.29, 0.717) is 29.2 Å². The number of rotatable bonds is 6. The molecule has 2 N–H and O–H groups in total. The number of hydrogen-bond donors (Lipinski definition) is 2. The Morgan fingerprint density at radius 1 is 0.862 bits per heavy atom. The lowest BCUT2D eigenvalue weighted by molar-refractivity contribution is 0.101. The zero-order chi connectivity index (χ0) is 20.8. The Morgan fingerprint density at radius 3 is 2.28 bits per heavy atom. The molecule has 0 aliphatic heterocycles. The molecule has 5 heteroatoms. The van der Waals surface area contributed by atoms with Crippen molar-refractivity contribution in [2.24, 2.45) is 0 Å². The molecule has 0 saturated heterocycles. The fraction of sp³-hybridized carbons (Fsp3) is 0.167. The number of aryl methyl sites for hydroxylation is 2. The Bertz CT molecular complexity index is 1030. The molecule has 0 spiro atoms. The summed E-state index contributed by atoms with van der Waals surface area (Å²) in [6, 6.07) is 19.7. The second-order valence-corrected chi connectivity index (χ2v) is 6.73. The van der Waals surface area contributed by atoms with E-state index in [0.717, 1.165) is 16.8 Å². The average molecular weight is 388 g/mol. The van der Waals surface area contributed by atoms with Crippen LogP contribution in [0.3, 0.4) is 0 Å². The van der Waals surface area contributed by atoms with Gasteiger partial charge in [0, 0.05) is 16.9 Å². The number of carbonyl (C=O) groups is 2. The molecule has 0 fully saturated rings. The lowest BCUT2D eigenvalue weighted by Gasteiger charge is -2.11. The molecule has 2 amide bonds. The topological polar surface area (TPSA) is 67.4 Å². The molecule has 0 aliphatic carbocycles. The number of hydrogen-bond acceptors (Lipinski definition) is 3. The van der Waals surface area contributed by atoms with Crippen LogP contribution < -0.4 is 15.4 Å². The summed E-state index contributed by atoms with van der Waals surface area (Å²) < 4.78 is 5.51. The van der Waals surface area contributed by atoms with Gasteiger partial charge in [-0.15, -0.1) is 0 Å². The molecule has 0 aliphatic rings. The molecule has 0 unspecified atom stereocenters. The number of para-hydroxylation sites is 1. The minimum Gasteiger partial charge on any atom is -0.493 e. The Labute approximate surface area is 170 Å². The van der Waals surface area contributed by atoms with E-state index in [2.05, 4.69) is 10.6 Å². The van der Waals surface area contributed by atoms with Crippen molar-refractivity contribution in [2.75, 3.05) is 17.2 Å². The Kier molecular flexibility index (Phi) is 6.29. The quantitative estimate of drug-likeness (QED) is 0.609. The van der Waals surface area contributed by atoms with Crippen LogP contribution in [0.5, 0.6) is 5.75 Å². The monoisotopic (exact) mass is 388 g/mol. The summed E-state index contributed by atoms with van der Waals surface area (Å²) in [5, 5.41) is 5.76.